The molecule has 1 heteroatoms. The minimum Gasteiger partial charge on any atom is -0.308 e. The van der Waals surface area contributed by atoms with Gasteiger partial charge in [-0.25, -0.2) is 0 Å². The Bertz CT molecular complexity index is 431. The number of hydrogen-bond donors (Lipinski definition) is 1. The summed E-state index contributed by atoms with van der Waals surface area (Å²) in [5.74, 6) is 0. The van der Waals surface area contributed by atoms with Gasteiger partial charge in [-0.15, -0.1) is 0 Å². The van der Waals surface area contributed by atoms with Crippen molar-refractivity contribution in [1.82, 2.24) is 5.32 Å². The van der Waals surface area contributed by atoms with E-state index in [0.717, 1.165) is 6.04 Å². The Morgan fingerprint density at radius 1 is 1.24 bits per heavy atom. The summed E-state index contributed by atoms with van der Waals surface area (Å²) in [7, 11) is 0. The number of aryl methyl sites for hydroxylation is 1. The molecule has 2 aliphatic carbocycles. The van der Waals surface area contributed by atoms with Gasteiger partial charge in [-0.3, -0.25) is 0 Å². The van der Waals surface area contributed by atoms with Crippen molar-refractivity contribution in [2.75, 3.05) is 0 Å². The van der Waals surface area contributed by atoms with Crippen molar-refractivity contribution in [2.24, 2.45) is 0 Å². The molecule has 1 saturated carbocycles. The third-order valence-electron chi connectivity index (χ3n) is 5.03. The Morgan fingerprint density at radius 2 is 1.94 bits per heavy atom. The van der Waals surface area contributed by atoms with Gasteiger partial charge in [-0.05, 0) is 50.7 Å². The van der Waals surface area contributed by atoms with E-state index in [2.05, 4.69) is 50.4 Å². The maximum Gasteiger partial charge on any atom is 0.0221 e. The van der Waals surface area contributed by atoms with Gasteiger partial charge in [0, 0.05) is 17.0 Å². The number of fused-ring (bicyclic) bond motifs is 1. The van der Waals surface area contributed by atoms with Crippen LogP contribution in [0.15, 0.2) is 24.3 Å². The molecule has 17 heavy (non-hydrogen) atoms. The monoisotopic (exact) mass is 229 g/mol. The molecule has 0 radical (unpaired) electrons. The lowest BCUT2D eigenvalue weighted by molar-refractivity contribution is 0.216. The smallest absolute Gasteiger partial charge is 0.0221 e. The zero-order chi connectivity index (χ0) is 12.1. The number of hydrogen-bond acceptors (Lipinski definition) is 1. The van der Waals surface area contributed by atoms with Crippen molar-refractivity contribution in [2.45, 2.75) is 63.5 Å². The van der Waals surface area contributed by atoms with Gasteiger partial charge in [0.25, 0.3) is 0 Å². The second-order valence-electron chi connectivity index (χ2n) is 6.53. The Labute approximate surface area is 105 Å². The van der Waals surface area contributed by atoms with E-state index >= 15 is 0 Å². The molecular formula is C16H23N. The van der Waals surface area contributed by atoms with Crippen LogP contribution in [0.5, 0.6) is 0 Å². The number of benzene rings is 1. The summed E-state index contributed by atoms with van der Waals surface area (Å²) in [5, 5.41) is 3.85. The molecule has 1 N–H and O–H groups in total. The fraction of sp³-hybridized carbons (Fsp3) is 0.625. The van der Waals surface area contributed by atoms with E-state index in [0.29, 0.717) is 0 Å². The van der Waals surface area contributed by atoms with Crippen LogP contribution in [0.1, 0.15) is 51.2 Å². The van der Waals surface area contributed by atoms with E-state index in [1.807, 2.05) is 0 Å². The lowest BCUT2D eigenvalue weighted by Gasteiger charge is -2.43. The topological polar surface area (TPSA) is 12.0 Å². The molecule has 3 rings (SSSR count). The maximum absolute atomic E-state index is 3.85. The van der Waals surface area contributed by atoms with Crippen molar-refractivity contribution in [3.05, 3.63) is 35.4 Å². The maximum atomic E-state index is 3.85. The molecule has 2 aliphatic rings. The predicted molar refractivity (Wildman–Crippen MR) is 72.4 cm³/mol. The molecule has 0 saturated heterocycles. The van der Waals surface area contributed by atoms with E-state index < -0.39 is 0 Å². The molecule has 1 aromatic rings. The molecule has 1 unspecified atom stereocenters. The van der Waals surface area contributed by atoms with Gasteiger partial charge in [0.15, 0.2) is 0 Å². The SMILES string of the molecule is CC(C)(NC1CC1)C1(C)CCc2ccccc21. The molecule has 92 valence electrons. The van der Waals surface area contributed by atoms with Gasteiger partial charge in [0.1, 0.15) is 0 Å². The van der Waals surface area contributed by atoms with Crippen molar-refractivity contribution < 1.29 is 0 Å². The van der Waals surface area contributed by atoms with Crippen molar-refractivity contribution in [1.29, 1.82) is 0 Å². The van der Waals surface area contributed by atoms with E-state index in [4.69, 9.17) is 0 Å². The van der Waals surface area contributed by atoms with Crippen LogP contribution in [0.25, 0.3) is 0 Å². The van der Waals surface area contributed by atoms with E-state index in [-0.39, 0.29) is 11.0 Å². The zero-order valence-electron chi connectivity index (χ0n) is 11.2. The summed E-state index contributed by atoms with van der Waals surface area (Å²) < 4.78 is 0. The Kier molecular flexibility index (Phi) is 2.38. The van der Waals surface area contributed by atoms with Gasteiger partial charge in [-0.2, -0.15) is 0 Å². The molecule has 0 bridgehead atoms. The number of nitrogens with one attached hydrogen (secondary N) is 1. The van der Waals surface area contributed by atoms with Crippen molar-refractivity contribution >= 4 is 0 Å². The minimum absolute atomic E-state index is 0.195. The first-order valence-corrected chi connectivity index (χ1v) is 6.89. The summed E-state index contributed by atoms with van der Waals surface area (Å²) in [4.78, 5) is 0. The minimum atomic E-state index is 0.195. The lowest BCUT2D eigenvalue weighted by Crippen LogP contribution is -2.55. The predicted octanol–water partition coefficient (Wildman–Crippen LogP) is 3.42. The van der Waals surface area contributed by atoms with E-state index in [9.17, 15) is 0 Å². The highest BCUT2D eigenvalue weighted by atomic mass is 15.0. The highest BCUT2D eigenvalue weighted by Crippen LogP contribution is 2.46. The fourth-order valence-corrected chi connectivity index (χ4v) is 3.34. The quantitative estimate of drug-likeness (QED) is 0.837. The summed E-state index contributed by atoms with van der Waals surface area (Å²) in [5.41, 5.74) is 3.60. The summed E-state index contributed by atoms with van der Waals surface area (Å²) in [6, 6.07) is 9.77. The largest absolute Gasteiger partial charge is 0.308 e. The first-order valence-electron chi connectivity index (χ1n) is 6.89. The van der Waals surface area contributed by atoms with Gasteiger partial charge in [0.05, 0.1) is 0 Å². The van der Waals surface area contributed by atoms with Crippen LogP contribution >= 0.6 is 0 Å². The highest BCUT2D eigenvalue weighted by molar-refractivity contribution is 5.41. The molecule has 1 aromatic carbocycles. The average molecular weight is 229 g/mol. The summed E-state index contributed by atoms with van der Waals surface area (Å²) in [6.07, 6.45) is 5.24. The first kappa shape index (κ1) is 11.3. The summed E-state index contributed by atoms with van der Waals surface area (Å²) >= 11 is 0. The summed E-state index contributed by atoms with van der Waals surface area (Å²) in [6.45, 7) is 7.20. The van der Waals surface area contributed by atoms with Gasteiger partial charge >= 0.3 is 0 Å². The molecule has 1 nitrogen and oxygen atoms in total. The third-order valence-corrected chi connectivity index (χ3v) is 5.03. The third kappa shape index (κ3) is 1.72. The fourth-order valence-electron chi connectivity index (χ4n) is 3.34. The Hall–Kier alpha value is -0.820. The normalized spacial score (nSPS) is 28.2. The number of rotatable bonds is 3. The molecule has 0 spiro atoms. The molecule has 0 amide bonds. The van der Waals surface area contributed by atoms with Crippen LogP contribution in [0, 0.1) is 0 Å². The molecule has 0 aromatic heterocycles. The molecular weight excluding hydrogens is 206 g/mol. The zero-order valence-corrected chi connectivity index (χ0v) is 11.2. The van der Waals surface area contributed by atoms with Crippen LogP contribution in [-0.2, 0) is 11.8 Å². The molecule has 1 fully saturated rings. The standard InChI is InChI=1S/C16H23N/c1-15(2,17-13-8-9-13)16(3)11-10-12-6-4-5-7-14(12)16/h4-7,13,17H,8-11H2,1-3H3. The molecule has 0 aliphatic heterocycles. The van der Waals surface area contributed by atoms with Crippen molar-refractivity contribution in [3.8, 4) is 0 Å². The lowest BCUT2D eigenvalue weighted by atomic mass is 9.69. The second-order valence-corrected chi connectivity index (χ2v) is 6.53. The van der Waals surface area contributed by atoms with Crippen LogP contribution < -0.4 is 5.32 Å². The van der Waals surface area contributed by atoms with E-state index in [1.54, 1.807) is 11.1 Å². The van der Waals surface area contributed by atoms with Gasteiger partial charge < -0.3 is 5.32 Å². The van der Waals surface area contributed by atoms with Crippen molar-refractivity contribution in [3.63, 3.8) is 0 Å². The van der Waals surface area contributed by atoms with Gasteiger partial charge in [-0.1, -0.05) is 31.2 Å². The highest BCUT2D eigenvalue weighted by Gasteiger charge is 2.47. The first-order chi connectivity index (χ1) is 8.03. The van der Waals surface area contributed by atoms with Crippen LogP contribution in [0.2, 0.25) is 0 Å². The molecule has 0 heterocycles. The van der Waals surface area contributed by atoms with Crippen LogP contribution in [-0.4, -0.2) is 11.6 Å². The van der Waals surface area contributed by atoms with Crippen LogP contribution in [0.4, 0.5) is 0 Å². The Morgan fingerprint density at radius 3 is 2.65 bits per heavy atom. The average Bonchev–Trinajstić information content (AvgIpc) is 3.02. The Balaban J connectivity index is 1.96. The van der Waals surface area contributed by atoms with Crippen LogP contribution in [0.3, 0.4) is 0 Å². The second kappa shape index (κ2) is 3.58. The van der Waals surface area contributed by atoms with E-state index in [1.165, 1.54) is 25.7 Å². The molecule has 1 atom stereocenters. The van der Waals surface area contributed by atoms with Gasteiger partial charge in [0.2, 0.25) is 0 Å².